The number of methoxy groups -OCH3 is 2. The van der Waals surface area contributed by atoms with E-state index in [1.54, 1.807) is 6.92 Å². The topological polar surface area (TPSA) is 193 Å². The summed E-state index contributed by atoms with van der Waals surface area (Å²) < 4.78 is 43.2. The third-order valence-electron chi connectivity index (χ3n) is 6.96. The minimum Gasteiger partial charge on any atom is -0.495 e. The number of nitrogens with zero attached hydrogens (tertiary/aromatic N) is 4. The number of aliphatic hydroxyl groups excluding tert-OH is 2. The van der Waals surface area contributed by atoms with Crippen molar-refractivity contribution >= 4 is 44.2 Å². The van der Waals surface area contributed by atoms with Crippen LogP contribution in [0.4, 0.5) is 34.4 Å². The molecule has 0 bridgehead atoms. The van der Waals surface area contributed by atoms with Crippen LogP contribution in [0.1, 0.15) is 18.9 Å². The van der Waals surface area contributed by atoms with Gasteiger partial charge in [-0.25, -0.2) is 13.4 Å². The van der Waals surface area contributed by atoms with Gasteiger partial charge in [0.15, 0.2) is 21.5 Å². The van der Waals surface area contributed by atoms with Crippen LogP contribution in [-0.2, 0) is 14.6 Å². The Morgan fingerprint density at radius 1 is 0.957 bits per heavy atom. The van der Waals surface area contributed by atoms with Crippen LogP contribution >= 0.6 is 0 Å². The highest BCUT2D eigenvalue weighted by atomic mass is 32.2. The lowest BCUT2D eigenvalue weighted by molar-refractivity contribution is 0.0992. The van der Waals surface area contributed by atoms with Gasteiger partial charge in [0, 0.05) is 43.0 Å². The number of rotatable bonds is 20. The Morgan fingerprint density at radius 2 is 1.70 bits per heavy atom. The second-order valence-corrected chi connectivity index (χ2v) is 12.3. The molecule has 0 radical (unpaired) electrons. The average Bonchev–Trinajstić information content (AvgIpc) is 3.05. The zero-order chi connectivity index (χ0) is 33.5. The molecule has 15 heteroatoms. The smallest absolute Gasteiger partial charge is 0.183 e. The maximum Gasteiger partial charge on any atom is 0.183 e. The molecule has 0 fully saturated rings. The van der Waals surface area contributed by atoms with Gasteiger partial charge in [0.25, 0.3) is 0 Å². The molecule has 6 N–H and O–H groups in total. The first-order chi connectivity index (χ1) is 22.2. The van der Waals surface area contributed by atoms with Crippen molar-refractivity contribution in [2.45, 2.75) is 25.2 Å². The van der Waals surface area contributed by atoms with Crippen LogP contribution in [0, 0.1) is 6.92 Å². The molecule has 14 nitrogen and oxygen atoms in total. The van der Waals surface area contributed by atoms with Crippen LogP contribution in [0.3, 0.4) is 0 Å². The van der Waals surface area contributed by atoms with E-state index in [0.717, 1.165) is 12.1 Å². The van der Waals surface area contributed by atoms with Crippen LogP contribution in [0.25, 0.3) is 0 Å². The fraction of sp³-hybridized carbons (Fsp3) is 0.452. The number of aromatic nitrogens is 1. The number of benzene rings is 2. The van der Waals surface area contributed by atoms with Crippen molar-refractivity contribution in [1.29, 1.82) is 0 Å². The maximum absolute atomic E-state index is 13.4. The number of hydrogen-bond acceptors (Lipinski definition) is 14. The lowest BCUT2D eigenvalue weighted by atomic mass is 10.2. The highest BCUT2D eigenvalue weighted by molar-refractivity contribution is 7.91. The first-order valence-corrected chi connectivity index (χ1v) is 16.6. The molecular weight excluding hydrogens is 614 g/mol. The number of ether oxygens (including phenoxy) is 3. The van der Waals surface area contributed by atoms with E-state index in [1.807, 2.05) is 42.2 Å². The lowest BCUT2D eigenvalue weighted by Gasteiger charge is -2.21. The van der Waals surface area contributed by atoms with Crippen molar-refractivity contribution in [2.24, 2.45) is 10.2 Å². The minimum absolute atomic E-state index is 0.0295. The first-order valence-electron chi connectivity index (χ1n) is 15.0. The van der Waals surface area contributed by atoms with Crippen molar-refractivity contribution in [2.75, 3.05) is 88.9 Å². The van der Waals surface area contributed by atoms with Gasteiger partial charge in [-0.3, -0.25) is 0 Å². The van der Waals surface area contributed by atoms with Crippen LogP contribution in [0.5, 0.6) is 11.5 Å². The number of anilines is 4. The van der Waals surface area contributed by atoms with Gasteiger partial charge in [0.2, 0.25) is 0 Å². The van der Waals surface area contributed by atoms with E-state index in [1.165, 1.54) is 26.4 Å². The molecule has 2 aromatic carbocycles. The van der Waals surface area contributed by atoms with E-state index in [-0.39, 0.29) is 54.2 Å². The average molecular weight is 660 g/mol. The van der Waals surface area contributed by atoms with Crippen molar-refractivity contribution in [1.82, 2.24) is 9.88 Å². The molecule has 1 heterocycles. The quantitative estimate of drug-likeness (QED) is 0.0865. The molecule has 0 saturated carbocycles. The van der Waals surface area contributed by atoms with E-state index >= 15 is 0 Å². The number of hydrogen-bond donors (Lipinski definition) is 5. The molecule has 0 saturated heterocycles. The molecule has 0 aliphatic carbocycles. The van der Waals surface area contributed by atoms with Gasteiger partial charge in [-0.15, -0.1) is 10.2 Å². The number of para-hydroxylation sites is 1. The van der Waals surface area contributed by atoms with E-state index in [9.17, 15) is 13.5 Å². The molecule has 3 rings (SSSR count). The lowest BCUT2D eigenvalue weighted by Crippen LogP contribution is -2.32. The SMILES string of the molecule is CCCN(CCO)CCS(=O)(=O)c1cc(OC)c(N=Nc2c(Nc3ccccc3)nc(NCCOCCO)c(N)c2C)cc1OC. The van der Waals surface area contributed by atoms with Crippen LogP contribution in [-0.4, -0.2) is 101 Å². The number of azo groups is 1. The summed E-state index contributed by atoms with van der Waals surface area (Å²) in [5, 5.41) is 33.6. The molecule has 46 heavy (non-hydrogen) atoms. The van der Waals surface area contributed by atoms with Gasteiger partial charge in [0.05, 0.1) is 52.1 Å². The number of nitrogen functional groups attached to an aromatic ring is 1. The highest BCUT2D eigenvalue weighted by Crippen LogP contribution is 2.41. The number of sulfone groups is 1. The van der Waals surface area contributed by atoms with Crippen molar-refractivity contribution in [3.63, 3.8) is 0 Å². The third-order valence-corrected chi connectivity index (χ3v) is 8.67. The second-order valence-electron chi connectivity index (χ2n) is 10.2. The molecule has 0 atom stereocenters. The summed E-state index contributed by atoms with van der Waals surface area (Å²) in [5.41, 5.74) is 8.77. The van der Waals surface area contributed by atoms with E-state index in [2.05, 4.69) is 25.8 Å². The summed E-state index contributed by atoms with van der Waals surface area (Å²) in [4.78, 5) is 6.55. The van der Waals surface area contributed by atoms with Crippen LogP contribution in [0.2, 0.25) is 0 Å². The van der Waals surface area contributed by atoms with Gasteiger partial charge in [-0.2, -0.15) is 0 Å². The minimum atomic E-state index is -3.79. The molecule has 0 aliphatic rings. The molecule has 0 amide bonds. The molecule has 0 spiro atoms. The summed E-state index contributed by atoms with van der Waals surface area (Å²) >= 11 is 0. The zero-order valence-electron chi connectivity index (χ0n) is 26.8. The number of aliphatic hydroxyl groups is 2. The monoisotopic (exact) mass is 659 g/mol. The van der Waals surface area contributed by atoms with E-state index < -0.39 is 9.84 Å². The second kappa shape index (κ2) is 18.2. The molecule has 252 valence electrons. The number of nitrogens with one attached hydrogen (secondary N) is 2. The number of pyridine rings is 1. The highest BCUT2D eigenvalue weighted by Gasteiger charge is 2.24. The van der Waals surface area contributed by atoms with Gasteiger partial charge < -0.3 is 45.7 Å². The molecular formula is C31H45N7O7S. The van der Waals surface area contributed by atoms with Crippen LogP contribution in [0.15, 0.2) is 57.6 Å². The predicted octanol–water partition coefficient (Wildman–Crippen LogP) is 4.05. The molecule has 0 aliphatic heterocycles. The Bertz CT molecular complexity index is 1530. The Kier molecular flexibility index (Phi) is 14.4. The summed E-state index contributed by atoms with van der Waals surface area (Å²) in [6.07, 6.45) is 0.833. The molecule has 0 unspecified atom stereocenters. The molecule has 1 aromatic heterocycles. The van der Waals surface area contributed by atoms with Gasteiger partial charge in [-0.05, 0) is 32.0 Å². The van der Waals surface area contributed by atoms with Crippen LogP contribution < -0.4 is 25.8 Å². The maximum atomic E-state index is 13.4. The van der Waals surface area contributed by atoms with Gasteiger partial charge in [0.1, 0.15) is 27.8 Å². The first kappa shape index (κ1) is 36.4. The van der Waals surface area contributed by atoms with Gasteiger partial charge >= 0.3 is 0 Å². The summed E-state index contributed by atoms with van der Waals surface area (Å²) in [5.74, 6) is 0.915. The Labute approximate surface area is 270 Å². The fourth-order valence-electron chi connectivity index (χ4n) is 4.55. The van der Waals surface area contributed by atoms with Gasteiger partial charge in [-0.1, -0.05) is 25.1 Å². The summed E-state index contributed by atoms with van der Waals surface area (Å²) in [6, 6.07) is 12.3. The van der Waals surface area contributed by atoms with E-state index in [0.29, 0.717) is 54.8 Å². The Morgan fingerprint density at radius 3 is 2.35 bits per heavy atom. The largest absolute Gasteiger partial charge is 0.495 e. The van der Waals surface area contributed by atoms with E-state index in [4.69, 9.17) is 25.1 Å². The molecule has 3 aromatic rings. The zero-order valence-corrected chi connectivity index (χ0v) is 27.6. The Balaban J connectivity index is 1.99. The Hall–Kier alpha value is -4.02. The summed E-state index contributed by atoms with van der Waals surface area (Å²) in [6.45, 7) is 5.97. The predicted molar refractivity (Wildman–Crippen MR) is 179 cm³/mol. The number of nitrogens with two attached hydrogens (primary N) is 1. The normalized spacial score (nSPS) is 11.7. The van der Waals surface area contributed by atoms with Crippen molar-refractivity contribution < 1.29 is 32.8 Å². The third kappa shape index (κ3) is 9.99. The standard InChI is InChI=1S/C31H45N7O7S/c1-5-12-38(13-15-39)14-19-46(41,42)27-21-25(43-3)24(20-26(27)44-4)36-37-29-22(2)28(32)30(33-11-17-45-18-16-40)35-31(29)34-23-9-7-6-8-10-23/h6-10,20-21,39-40H,5,11-19,32H2,1-4H3,(H2,33,34,35). The fourth-order valence-corrected chi connectivity index (χ4v) is 6.00. The van der Waals surface area contributed by atoms with Crippen molar-refractivity contribution in [3.8, 4) is 11.5 Å². The summed E-state index contributed by atoms with van der Waals surface area (Å²) in [7, 11) is -0.989. The van der Waals surface area contributed by atoms with Crippen molar-refractivity contribution in [3.05, 3.63) is 48.0 Å².